The lowest BCUT2D eigenvalue weighted by Gasteiger charge is -2.35. The quantitative estimate of drug-likeness (QED) is 0.898. The van der Waals surface area contributed by atoms with Crippen LogP contribution in [0.5, 0.6) is 0 Å². The molecule has 1 N–H and O–H groups in total. The molecule has 1 amide bonds. The van der Waals surface area contributed by atoms with Crippen LogP contribution in [0.25, 0.3) is 0 Å². The van der Waals surface area contributed by atoms with Crippen LogP contribution >= 0.6 is 24.8 Å². The Morgan fingerprint density at radius 1 is 1.43 bits per heavy atom. The van der Waals surface area contributed by atoms with Crippen molar-refractivity contribution in [2.24, 2.45) is 7.05 Å². The number of aromatic nitrogens is 3. The predicted molar refractivity (Wildman–Crippen MR) is 90.2 cm³/mol. The second kappa shape index (κ2) is 8.33. The molecule has 128 valence electrons. The van der Waals surface area contributed by atoms with Gasteiger partial charge in [-0.3, -0.25) is 4.79 Å². The van der Waals surface area contributed by atoms with Gasteiger partial charge in [0.1, 0.15) is 17.6 Å². The number of hydrogen-bond acceptors (Lipinski definition) is 5. The van der Waals surface area contributed by atoms with E-state index >= 15 is 0 Å². The van der Waals surface area contributed by atoms with Crippen LogP contribution in [0.4, 0.5) is 0 Å². The van der Waals surface area contributed by atoms with Gasteiger partial charge in [0.2, 0.25) is 0 Å². The van der Waals surface area contributed by atoms with E-state index in [2.05, 4.69) is 15.3 Å². The minimum atomic E-state index is -0.0901. The van der Waals surface area contributed by atoms with Crippen molar-refractivity contribution in [2.75, 3.05) is 19.6 Å². The van der Waals surface area contributed by atoms with Gasteiger partial charge in [0.25, 0.3) is 5.91 Å². The summed E-state index contributed by atoms with van der Waals surface area (Å²) in [6.45, 7) is 4.04. The van der Waals surface area contributed by atoms with E-state index in [0.29, 0.717) is 31.0 Å². The molecular weight excluding hydrogens is 341 g/mol. The zero-order valence-electron chi connectivity index (χ0n) is 13.1. The normalized spacial score (nSPS) is 17.3. The van der Waals surface area contributed by atoms with Crippen molar-refractivity contribution in [1.82, 2.24) is 24.8 Å². The monoisotopic (exact) mass is 361 g/mol. The topological polar surface area (TPSA) is 76.2 Å². The van der Waals surface area contributed by atoms with Crippen LogP contribution < -0.4 is 5.32 Å². The summed E-state index contributed by atoms with van der Waals surface area (Å²) in [7, 11) is 1.94. The summed E-state index contributed by atoms with van der Waals surface area (Å²) in [6.07, 6.45) is 5.63. The average molecular weight is 362 g/mol. The van der Waals surface area contributed by atoms with Crippen LogP contribution in [0.3, 0.4) is 0 Å². The van der Waals surface area contributed by atoms with E-state index in [0.717, 1.165) is 12.4 Å². The molecule has 0 aromatic carbocycles. The highest BCUT2D eigenvalue weighted by molar-refractivity contribution is 5.93. The van der Waals surface area contributed by atoms with Gasteiger partial charge in [-0.15, -0.1) is 24.8 Å². The first kappa shape index (κ1) is 19.5. The molecule has 2 aromatic rings. The number of piperazine rings is 1. The van der Waals surface area contributed by atoms with E-state index in [-0.39, 0.29) is 36.8 Å². The molecule has 0 aliphatic carbocycles. The molecule has 0 spiro atoms. The minimum Gasteiger partial charge on any atom is -0.448 e. The Morgan fingerprint density at radius 3 is 2.87 bits per heavy atom. The van der Waals surface area contributed by atoms with Crippen molar-refractivity contribution in [3.05, 3.63) is 36.1 Å². The summed E-state index contributed by atoms with van der Waals surface area (Å²) >= 11 is 0. The van der Waals surface area contributed by atoms with Crippen molar-refractivity contribution in [3.8, 4) is 0 Å². The summed E-state index contributed by atoms with van der Waals surface area (Å²) in [5.74, 6) is 1.42. The van der Waals surface area contributed by atoms with Gasteiger partial charge in [-0.1, -0.05) is 6.92 Å². The third-order valence-corrected chi connectivity index (χ3v) is 3.83. The van der Waals surface area contributed by atoms with Crippen LogP contribution in [0.15, 0.2) is 23.2 Å². The van der Waals surface area contributed by atoms with Gasteiger partial charge in [0.05, 0.1) is 0 Å². The van der Waals surface area contributed by atoms with Gasteiger partial charge in [0.15, 0.2) is 12.1 Å². The van der Waals surface area contributed by atoms with Crippen molar-refractivity contribution < 1.29 is 9.21 Å². The van der Waals surface area contributed by atoms with E-state index in [1.165, 1.54) is 6.39 Å². The van der Waals surface area contributed by atoms with E-state index in [4.69, 9.17) is 4.42 Å². The Morgan fingerprint density at radius 2 is 2.22 bits per heavy atom. The van der Waals surface area contributed by atoms with E-state index < -0.39 is 0 Å². The third kappa shape index (κ3) is 3.68. The maximum absolute atomic E-state index is 12.8. The molecule has 9 heteroatoms. The highest BCUT2D eigenvalue weighted by atomic mass is 35.5. The van der Waals surface area contributed by atoms with E-state index in [1.807, 2.05) is 29.6 Å². The molecule has 1 aliphatic heterocycles. The van der Waals surface area contributed by atoms with Crippen molar-refractivity contribution in [3.63, 3.8) is 0 Å². The molecule has 3 rings (SSSR count). The molecule has 1 unspecified atom stereocenters. The molecule has 1 aliphatic rings. The summed E-state index contributed by atoms with van der Waals surface area (Å²) in [4.78, 5) is 23.1. The number of rotatable bonds is 3. The summed E-state index contributed by atoms with van der Waals surface area (Å²) < 4.78 is 7.23. The molecule has 2 aromatic heterocycles. The second-order valence-corrected chi connectivity index (χ2v) is 5.09. The molecule has 1 atom stereocenters. The SMILES string of the molecule is CCc1ocnc1C(=O)N1CCNCC1c1nccn1C.Cl.Cl. The summed E-state index contributed by atoms with van der Waals surface area (Å²) in [5, 5.41) is 3.32. The molecule has 23 heavy (non-hydrogen) atoms. The molecule has 1 fully saturated rings. The maximum Gasteiger partial charge on any atom is 0.276 e. The molecule has 0 radical (unpaired) electrons. The number of oxazole rings is 1. The average Bonchev–Trinajstić information content (AvgIpc) is 3.14. The zero-order valence-corrected chi connectivity index (χ0v) is 14.7. The van der Waals surface area contributed by atoms with Crippen LogP contribution in [-0.2, 0) is 13.5 Å². The van der Waals surface area contributed by atoms with E-state index in [9.17, 15) is 4.79 Å². The number of carbonyl (C=O) groups is 1. The van der Waals surface area contributed by atoms with Crippen LogP contribution in [-0.4, -0.2) is 45.0 Å². The maximum atomic E-state index is 12.8. The smallest absolute Gasteiger partial charge is 0.276 e. The van der Waals surface area contributed by atoms with Gasteiger partial charge in [0, 0.05) is 45.5 Å². The van der Waals surface area contributed by atoms with Gasteiger partial charge in [-0.05, 0) is 0 Å². The number of aryl methyl sites for hydroxylation is 2. The summed E-state index contributed by atoms with van der Waals surface area (Å²) in [5.41, 5.74) is 0.415. The Hall–Kier alpha value is -1.57. The Labute approximate surface area is 147 Å². The number of halogens is 2. The van der Waals surface area contributed by atoms with Gasteiger partial charge >= 0.3 is 0 Å². The fourth-order valence-electron chi connectivity index (χ4n) is 2.71. The highest BCUT2D eigenvalue weighted by Crippen LogP contribution is 2.23. The lowest BCUT2D eigenvalue weighted by atomic mass is 10.1. The highest BCUT2D eigenvalue weighted by Gasteiger charge is 2.33. The summed E-state index contributed by atoms with van der Waals surface area (Å²) in [6, 6.07) is -0.0901. The van der Waals surface area contributed by atoms with Crippen molar-refractivity contribution >= 4 is 30.7 Å². The standard InChI is InChI=1S/C14H19N5O2.2ClH/c1-3-11-12(17-9-21-11)14(20)19-7-4-15-8-10(19)13-16-5-6-18(13)2;;/h5-6,9-10,15H,3-4,7-8H2,1-2H3;2*1H. The van der Waals surface area contributed by atoms with Gasteiger partial charge < -0.3 is 19.2 Å². The Bertz CT molecular complexity index is 643. The number of imidazole rings is 1. The number of nitrogens with one attached hydrogen (secondary N) is 1. The number of carbonyl (C=O) groups excluding carboxylic acids is 1. The third-order valence-electron chi connectivity index (χ3n) is 3.83. The Kier molecular flexibility index (Phi) is 7.05. The first-order valence-electron chi connectivity index (χ1n) is 7.13. The predicted octanol–water partition coefficient (Wildman–Crippen LogP) is 1.60. The van der Waals surface area contributed by atoms with Crippen LogP contribution in [0.2, 0.25) is 0 Å². The number of amides is 1. The molecule has 0 bridgehead atoms. The van der Waals surface area contributed by atoms with Crippen molar-refractivity contribution in [1.29, 1.82) is 0 Å². The molecule has 3 heterocycles. The first-order valence-corrected chi connectivity index (χ1v) is 7.13. The molecular formula is C14H21Cl2N5O2. The van der Waals surface area contributed by atoms with Crippen LogP contribution in [0, 0.1) is 0 Å². The lowest BCUT2D eigenvalue weighted by molar-refractivity contribution is 0.0613. The second-order valence-electron chi connectivity index (χ2n) is 5.09. The molecule has 1 saturated heterocycles. The fraction of sp³-hybridized carbons (Fsp3) is 0.500. The van der Waals surface area contributed by atoms with Crippen LogP contribution in [0.1, 0.15) is 35.0 Å². The largest absolute Gasteiger partial charge is 0.448 e. The molecule has 0 saturated carbocycles. The van der Waals surface area contributed by atoms with Gasteiger partial charge in [-0.2, -0.15) is 0 Å². The Balaban J connectivity index is 0.00000132. The fourth-order valence-corrected chi connectivity index (χ4v) is 2.71. The number of hydrogen-bond donors (Lipinski definition) is 1. The minimum absolute atomic E-state index is 0. The lowest BCUT2D eigenvalue weighted by Crippen LogP contribution is -2.49. The molecule has 7 nitrogen and oxygen atoms in total. The van der Waals surface area contributed by atoms with Crippen molar-refractivity contribution in [2.45, 2.75) is 19.4 Å². The first-order chi connectivity index (χ1) is 10.2. The van der Waals surface area contributed by atoms with Gasteiger partial charge in [-0.25, -0.2) is 9.97 Å². The van der Waals surface area contributed by atoms with E-state index in [1.54, 1.807) is 6.20 Å². The number of nitrogens with zero attached hydrogens (tertiary/aromatic N) is 4. The zero-order chi connectivity index (χ0) is 14.8.